The smallest absolute Gasteiger partial charge is 0.210 e. The summed E-state index contributed by atoms with van der Waals surface area (Å²) in [6.45, 7) is 9.79. The highest BCUT2D eigenvalue weighted by Gasteiger charge is 2.28. The summed E-state index contributed by atoms with van der Waals surface area (Å²) in [5.41, 5.74) is 13.1. The van der Waals surface area contributed by atoms with E-state index < -0.39 is 0 Å². The zero-order valence-corrected chi connectivity index (χ0v) is 21.0. The summed E-state index contributed by atoms with van der Waals surface area (Å²) in [5, 5.41) is 1.08. The molecule has 2 unspecified atom stereocenters. The Hall–Kier alpha value is -3.12. The average Bonchev–Trinajstić information content (AvgIpc) is 3.32. The van der Waals surface area contributed by atoms with Gasteiger partial charge in [0.1, 0.15) is 5.82 Å². The standard InChI is InChI=1S/C29H36N4O2/c1-19(2)14-23-17-32(12-13-35-23)27-16-22-15-21(9-10-25(22)31-29(27)30)28-20(3)6-4-7-24(28)26-8-5-11-33(26)18-34/h4,6-7,9-10,15-16,18-19,23,26H,5,8,11-14,17H2,1-3H3,(H2,30,31). The number of hydrogen-bond donors (Lipinski definition) is 1. The van der Waals surface area contributed by atoms with Gasteiger partial charge < -0.3 is 20.3 Å². The van der Waals surface area contributed by atoms with E-state index in [1.807, 2.05) is 4.90 Å². The van der Waals surface area contributed by atoms with Gasteiger partial charge in [0.15, 0.2) is 0 Å². The van der Waals surface area contributed by atoms with Gasteiger partial charge in [-0.3, -0.25) is 4.79 Å². The molecule has 3 aromatic rings. The van der Waals surface area contributed by atoms with Crippen LogP contribution in [0.5, 0.6) is 0 Å². The highest BCUT2D eigenvalue weighted by atomic mass is 16.5. The molecular formula is C29H36N4O2. The Kier molecular flexibility index (Phi) is 6.65. The first-order valence-electron chi connectivity index (χ1n) is 12.8. The van der Waals surface area contributed by atoms with Crippen molar-refractivity contribution in [1.29, 1.82) is 0 Å². The van der Waals surface area contributed by atoms with E-state index in [4.69, 9.17) is 15.5 Å². The number of benzene rings is 2. The van der Waals surface area contributed by atoms with Crippen LogP contribution in [-0.2, 0) is 9.53 Å². The fourth-order valence-electron chi connectivity index (χ4n) is 5.81. The largest absolute Gasteiger partial charge is 0.382 e. The number of aromatic nitrogens is 1. The summed E-state index contributed by atoms with van der Waals surface area (Å²) >= 11 is 0. The van der Waals surface area contributed by atoms with Crippen LogP contribution in [0.15, 0.2) is 42.5 Å². The molecule has 3 heterocycles. The molecule has 1 amide bonds. The number of rotatable bonds is 6. The minimum Gasteiger partial charge on any atom is -0.382 e. The molecule has 0 bridgehead atoms. The number of morpholine rings is 1. The number of ether oxygens (including phenoxy) is 1. The molecule has 5 rings (SSSR count). The number of likely N-dealkylation sites (tertiary alicyclic amines) is 1. The minimum atomic E-state index is 0.129. The summed E-state index contributed by atoms with van der Waals surface area (Å²) in [7, 11) is 0. The van der Waals surface area contributed by atoms with Crippen molar-refractivity contribution in [3.63, 3.8) is 0 Å². The molecule has 35 heavy (non-hydrogen) atoms. The third-order valence-electron chi connectivity index (χ3n) is 7.42. The highest BCUT2D eigenvalue weighted by molar-refractivity contribution is 5.91. The topological polar surface area (TPSA) is 71.7 Å². The number of amides is 1. The summed E-state index contributed by atoms with van der Waals surface area (Å²) < 4.78 is 6.01. The van der Waals surface area contributed by atoms with Crippen molar-refractivity contribution in [2.75, 3.05) is 36.9 Å². The molecule has 6 heteroatoms. The lowest BCUT2D eigenvalue weighted by Gasteiger charge is -2.35. The fraction of sp³-hybridized carbons (Fsp3) is 0.448. The number of carbonyl (C=O) groups is 1. The summed E-state index contributed by atoms with van der Waals surface area (Å²) in [6, 6.07) is 15.2. The molecule has 0 radical (unpaired) electrons. The van der Waals surface area contributed by atoms with Gasteiger partial charge in [-0.2, -0.15) is 0 Å². The first-order chi connectivity index (χ1) is 16.9. The summed E-state index contributed by atoms with van der Waals surface area (Å²) in [6.07, 6.45) is 4.29. The van der Waals surface area contributed by atoms with Crippen molar-refractivity contribution in [1.82, 2.24) is 9.88 Å². The molecule has 2 N–H and O–H groups in total. The molecular weight excluding hydrogens is 436 g/mol. The second-order valence-electron chi connectivity index (χ2n) is 10.4. The molecule has 0 spiro atoms. The molecule has 2 atom stereocenters. The Morgan fingerprint density at radius 1 is 1.20 bits per heavy atom. The van der Waals surface area contributed by atoms with Crippen molar-refractivity contribution in [3.05, 3.63) is 53.6 Å². The number of carbonyl (C=O) groups excluding carboxylic acids is 1. The van der Waals surface area contributed by atoms with Crippen LogP contribution in [0.25, 0.3) is 22.0 Å². The number of aryl methyl sites for hydroxylation is 1. The Morgan fingerprint density at radius 3 is 2.86 bits per heavy atom. The first kappa shape index (κ1) is 23.6. The lowest BCUT2D eigenvalue weighted by atomic mass is 9.89. The number of anilines is 2. The Morgan fingerprint density at radius 2 is 2.06 bits per heavy atom. The van der Waals surface area contributed by atoms with Crippen LogP contribution in [0.3, 0.4) is 0 Å². The van der Waals surface area contributed by atoms with Crippen LogP contribution in [0, 0.1) is 12.8 Å². The zero-order valence-electron chi connectivity index (χ0n) is 21.0. The van der Waals surface area contributed by atoms with Gasteiger partial charge in [0.05, 0.1) is 30.0 Å². The van der Waals surface area contributed by atoms with Gasteiger partial charge in [-0.15, -0.1) is 0 Å². The van der Waals surface area contributed by atoms with Crippen LogP contribution >= 0.6 is 0 Å². The van der Waals surface area contributed by atoms with Crippen LogP contribution in [0.4, 0.5) is 11.5 Å². The van der Waals surface area contributed by atoms with Crippen LogP contribution in [0.1, 0.15) is 50.3 Å². The fourth-order valence-corrected chi connectivity index (χ4v) is 5.81. The van der Waals surface area contributed by atoms with Gasteiger partial charge in [0.2, 0.25) is 6.41 Å². The number of nitrogen functional groups attached to an aromatic ring is 1. The molecule has 2 aliphatic rings. The van der Waals surface area contributed by atoms with E-state index in [0.29, 0.717) is 18.3 Å². The van der Waals surface area contributed by atoms with E-state index in [9.17, 15) is 4.79 Å². The number of fused-ring (bicyclic) bond motifs is 1. The number of pyridine rings is 1. The molecule has 2 aliphatic heterocycles. The molecule has 2 aromatic carbocycles. The molecule has 0 saturated carbocycles. The highest BCUT2D eigenvalue weighted by Crippen LogP contribution is 2.40. The lowest BCUT2D eigenvalue weighted by molar-refractivity contribution is -0.118. The van der Waals surface area contributed by atoms with Crippen molar-refractivity contribution in [3.8, 4) is 11.1 Å². The van der Waals surface area contributed by atoms with E-state index in [0.717, 1.165) is 67.5 Å². The van der Waals surface area contributed by atoms with Gasteiger partial charge in [0, 0.05) is 25.0 Å². The average molecular weight is 473 g/mol. The maximum Gasteiger partial charge on any atom is 0.210 e. The van der Waals surface area contributed by atoms with Crippen molar-refractivity contribution < 1.29 is 9.53 Å². The van der Waals surface area contributed by atoms with Crippen LogP contribution in [0.2, 0.25) is 0 Å². The Balaban J connectivity index is 1.53. The molecule has 2 fully saturated rings. The second kappa shape index (κ2) is 9.86. The number of hydrogen-bond acceptors (Lipinski definition) is 5. The minimum absolute atomic E-state index is 0.129. The molecule has 1 aromatic heterocycles. The van der Waals surface area contributed by atoms with Gasteiger partial charge in [-0.25, -0.2) is 4.98 Å². The summed E-state index contributed by atoms with van der Waals surface area (Å²) in [4.78, 5) is 20.7. The second-order valence-corrected chi connectivity index (χ2v) is 10.4. The first-order valence-corrected chi connectivity index (χ1v) is 12.8. The normalized spacial score (nSPS) is 20.7. The number of nitrogens with two attached hydrogens (primary N) is 1. The summed E-state index contributed by atoms with van der Waals surface area (Å²) in [5.74, 6) is 1.16. The SMILES string of the molecule is Cc1cccc(C2CCCN2C=O)c1-c1ccc2nc(N)c(N3CCOC(CC(C)C)C3)cc2c1. The van der Waals surface area contributed by atoms with E-state index in [1.165, 1.54) is 16.7 Å². The molecule has 0 aliphatic carbocycles. The van der Waals surface area contributed by atoms with Crippen LogP contribution < -0.4 is 10.6 Å². The zero-order chi connectivity index (χ0) is 24.5. The van der Waals surface area contributed by atoms with E-state index in [1.54, 1.807) is 0 Å². The van der Waals surface area contributed by atoms with Gasteiger partial charge in [0.25, 0.3) is 0 Å². The van der Waals surface area contributed by atoms with Gasteiger partial charge in [-0.1, -0.05) is 38.1 Å². The monoisotopic (exact) mass is 472 g/mol. The lowest BCUT2D eigenvalue weighted by Crippen LogP contribution is -2.43. The maximum atomic E-state index is 11.7. The van der Waals surface area contributed by atoms with E-state index in [-0.39, 0.29) is 12.1 Å². The predicted octanol–water partition coefficient (Wildman–Crippen LogP) is 5.34. The van der Waals surface area contributed by atoms with Crippen LogP contribution in [-0.4, -0.2) is 48.6 Å². The quantitative estimate of drug-likeness (QED) is 0.491. The molecule has 6 nitrogen and oxygen atoms in total. The van der Waals surface area contributed by atoms with Crippen molar-refractivity contribution >= 4 is 28.8 Å². The Labute approximate surface area is 208 Å². The van der Waals surface area contributed by atoms with E-state index >= 15 is 0 Å². The maximum absolute atomic E-state index is 11.7. The Bertz CT molecular complexity index is 1220. The predicted molar refractivity (Wildman–Crippen MR) is 142 cm³/mol. The molecule has 2 saturated heterocycles. The van der Waals surface area contributed by atoms with Gasteiger partial charge in [-0.05, 0) is 72.6 Å². The van der Waals surface area contributed by atoms with E-state index in [2.05, 4.69) is 68.1 Å². The van der Waals surface area contributed by atoms with Gasteiger partial charge >= 0.3 is 0 Å². The molecule has 184 valence electrons. The third-order valence-corrected chi connectivity index (χ3v) is 7.42. The number of nitrogens with zero attached hydrogens (tertiary/aromatic N) is 3. The van der Waals surface area contributed by atoms with Crippen molar-refractivity contribution in [2.24, 2.45) is 5.92 Å². The third kappa shape index (κ3) is 4.72. The van der Waals surface area contributed by atoms with Crippen molar-refractivity contribution in [2.45, 2.75) is 52.2 Å².